The third-order valence-electron chi connectivity index (χ3n) is 2.55. The molecule has 0 spiro atoms. The lowest BCUT2D eigenvalue weighted by Gasteiger charge is -2.09. The van der Waals surface area contributed by atoms with Crippen LogP contribution in [0.3, 0.4) is 0 Å². The lowest BCUT2D eigenvalue weighted by molar-refractivity contribution is 0.589. The molecule has 0 aliphatic carbocycles. The van der Waals surface area contributed by atoms with Crippen molar-refractivity contribution in [1.29, 1.82) is 0 Å². The van der Waals surface area contributed by atoms with E-state index in [4.69, 9.17) is 0 Å². The number of aromatic nitrogens is 1. The van der Waals surface area contributed by atoms with E-state index in [1.807, 2.05) is 12.3 Å². The maximum atomic E-state index is 3.42. The van der Waals surface area contributed by atoms with E-state index in [1.165, 1.54) is 16.8 Å². The second kappa shape index (κ2) is 4.99. The summed E-state index contributed by atoms with van der Waals surface area (Å²) in [6.45, 7) is 5.25. The highest BCUT2D eigenvalue weighted by Gasteiger charge is 2.00. The molecule has 1 aromatic carbocycles. The van der Waals surface area contributed by atoms with Crippen molar-refractivity contribution in [2.45, 2.75) is 26.4 Å². The molecule has 16 heavy (non-hydrogen) atoms. The van der Waals surface area contributed by atoms with Crippen LogP contribution in [0.4, 0.5) is 0 Å². The van der Waals surface area contributed by atoms with Gasteiger partial charge in [0, 0.05) is 24.5 Å². The number of hydrogen-bond donors (Lipinski definition) is 2. The Labute approximate surface area is 96.7 Å². The standard InChI is InChI=1S/C14H18N2/c1-11(2)16-10-12-5-3-6-13(9-12)14-7-4-8-15-14/h3-9,11,15-16H,10H2,1-2H3. The van der Waals surface area contributed by atoms with E-state index in [-0.39, 0.29) is 0 Å². The fraction of sp³-hybridized carbons (Fsp3) is 0.286. The lowest BCUT2D eigenvalue weighted by Crippen LogP contribution is -2.21. The first-order valence-electron chi connectivity index (χ1n) is 5.72. The van der Waals surface area contributed by atoms with Crippen LogP contribution in [0.25, 0.3) is 11.3 Å². The number of rotatable bonds is 4. The van der Waals surface area contributed by atoms with Crippen LogP contribution < -0.4 is 5.32 Å². The Balaban J connectivity index is 2.14. The van der Waals surface area contributed by atoms with Crippen LogP contribution >= 0.6 is 0 Å². The molecule has 0 fully saturated rings. The molecule has 2 heteroatoms. The van der Waals surface area contributed by atoms with E-state index < -0.39 is 0 Å². The van der Waals surface area contributed by atoms with Crippen molar-refractivity contribution in [3.8, 4) is 11.3 Å². The van der Waals surface area contributed by atoms with Gasteiger partial charge in [0.05, 0.1) is 0 Å². The topological polar surface area (TPSA) is 27.8 Å². The lowest BCUT2D eigenvalue weighted by atomic mass is 10.1. The molecule has 2 rings (SSSR count). The quantitative estimate of drug-likeness (QED) is 0.803. The fourth-order valence-corrected chi connectivity index (χ4v) is 1.68. The summed E-state index contributed by atoms with van der Waals surface area (Å²) >= 11 is 0. The zero-order valence-corrected chi connectivity index (χ0v) is 9.83. The average molecular weight is 214 g/mol. The zero-order chi connectivity index (χ0) is 11.4. The summed E-state index contributed by atoms with van der Waals surface area (Å²) in [5.41, 5.74) is 3.74. The van der Waals surface area contributed by atoms with E-state index in [9.17, 15) is 0 Å². The van der Waals surface area contributed by atoms with Crippen LogP contribution in [0.1, 0.15) is 19.4 Å². The van der Waals surface area contributed by atoms with Gasteiger partial charge < -0.3 is 10.3 Å². The van der Waals surface area contributed by atoms with Gasteiger partial charge in [-0.2, -0.15) is 0 Å². The summed E-state index contributed by atoms with van der Waals surface area (Å²) in [6, 6.07) is 13.2. The molecule has 0 atom stereocenters. The van der Waals surface area contributed by atoms with Crippen molar-refractivity contribution in [2.75, 3.05) is 0 Å². The number of aromatic amines is 1. The SMILES string of the molecule is CC(C)NCc1cccc(-c2ccc[nH]2)c1. The predicted octanol–water partition coefficient (Wildman–Crippen LogP) is 3.18. The maximum Gasteiger partial charge on any atom is 0.0453 e. The monoisotopic (exact) mass is 214 g/mol. The van der Waals surface area contributed by atoms with Crippen molar-refractivity contribution in [3.63, 3.8) is 0 Å². The van der Waals surface area contributed by atoms with Gasteiger partial charge in [-0.15, -0.1) is 0 Å². The van der Waals surface area contributed by atoms with Gasteiger partial charge in [0.25, 0.3) is 0 Å². The Bertz CT molecular complexity index is 430. The molecule has 2 nitrogen and oxygen atoms in total. The van der Waals surface area contributed by atoms with Gasteiger partial charge >= 0.3 is 0 Å². The van der Waals surface area contributed by atoms with E-state index in [1.54, 1.807) is 0 Å². The van der Waals surface area contributed by atoms with E-state index in [0.29, 0.717) is 6.04 Å². The summed E-state index contributed by atoms with van der Waals surface area (Å²) in [6.07, 6.45) is 1.95. The number of nitrogens with one attached hydrogen (secondary N) is 2. The van der Waals surface area contributed by atoms with Gasteiger partial charge in [0.1, 0.15) is 0 Å². The minimum absolute atomic E-state index is 0.522. The molecule has 0 radical (unpaired) electrons. The molecule has 0 unspecified atom stereocenters. The molecular formula is C14H18N2. The van der Waals surface area contributed by atoms with Crippen LogP contribution in [0.15, 0.2) is 42.6 Å². The predicted molar refractivity (Wildman–Crippen MR) is 68.2 cm³/mol. The van der Waals surface area contributed by atoms with Gasteiger partial charge in [-0.1, -0.05) is 32.0 Å². The minimum Gasteiger partial charge on any atom is -0.361 e. The Morgan fingerprint density at radius 1 is 1.19 bits per heavy atom. The number of benzene rings is 1. The van der Waals surface area contributed by atoms with Crippen molar-refractivity contribution in [1.82, 2.24) is 10.3 Å². The fourth-order valence-electron chi connectivity index (χ4n) is 1.68. The Morgan fingerprint density at radius 2 is 2.06 bits per heavy atom. The first-order chi connectivity index (χ1) is 7.75. The van der Waals surface area contributed by atoms with E-state index in [0.717, 1.165) is 6.54 Å². The average Bonchev–Trinajstić information content (AvgIpc) is 2.80. The van der Waals surface area contributed by atoms with Crippen molar-refractivity contribution < 1.29 is 0 Å². The number of hydrogen-bond acceptors (Lipinski definition) is 1. The normalized spacial score (nSPS) is 10.9. The summed E-state index contributed by atoms with van der Waals surface area (Å²) in [5, 5.41) is 3.42. The van der Waals surface area contributed by atoms with Gasteiger partial charge in [0.15, 0.2) is 0 Å². The Hall–Kier alpha value is -1.54. The zero-order valence-electron chi connectivity index (χ0n) is 9.83. The molecule has 1 aromatic heterocycles. The van der Waals surface area contributed by atoms with Crippen molar-refractivity contribution >= 4 is 0 Å². The Kier molecular flexibility index (Phi) is 3.42. The number of H-pyrrole nitrogens is 1. The van der Waals surface area contributed by atoms with Crippen LogP contribution in [-0.4, -0.2) is 11.0 Å². The van der Waals surface area contributed by atoms with E-state index >= 15 is 0 Å². The van der Waals surface area contributed by atoms with Gasteiger partial charge in [-0.3, -0.25) is 0 Å². The molecule has 0 aliphatic heterocycles. The highest BCUT2D eigenvalue weighted by molar-refractivity contribution is 5.60. The first kappa shape index (κ1) is 11.0. The smallest absolute Gasteiger partial charge is 0.0453 e. The van der Waals surface area contributed by atoms with Gasteiger partial charge in [-0.05, 0) is 29.3 Å². The van der Waals surface area contributed by atoms with Crippen LogP contribution in [-0.2, 0) is 6.54 Å². The van der Waals surface area contributed by atoms with Crippen molar-refractivity contribution in [3.05, 3.63) is 48.2 Å². The van der Waals surface area contributed by atoms with Crippen molar-refractivity contribution in [2.24, 2.45) is 0 Å². The highest BCUT2D eigenvalue weighted by Crippen LogP contribution is 2.18. The molecule has 0 saturated carbocycles. The molecular weight excluding hydrogens is 196 g/mol. The molecule has 0 bridgehead atoms. The summed E-state index contributed by atoms with van der Waals surface area (Å²) in [7, 11) is 0. The molecule has 2 N–H and O–H groups in total. The second-order valence-electron chi connectivity index (χ2n) is 4.32. The van der Waals surface area contributed by atoms with Crippen LogP contribution in [0.2, 0.25) is 0 Å². The minimum atomic E-state index is 0.522. The summed E-state index contributed by atoms with van der Waals surface area (Å²) in [5.74, 6) is 0. The van der Waals surface area contributed by atoms with Crippen LogP contribution in [0.5, 0.6) is 0 Å². The summed E-state index contributed by atoms with van der Waals surface area (Å²) in [4.78, 5) is 3.23. The molecule has 84 valence electrons. The molecule has 0 aliphatic rings. The van der Waals surface area contributed by atoms with Gasteiger partial charge in [0.2, 0.25) is 0 Å². The second-order valence-corrected chi connectivity index (χ2v) is 4.32. The van der Waals surface area contributed by atoms with Gasteiger partial charge in [-0.25, -0.2) is 0 Å². The third-order valence-corrected chi connectivity index (χ3v) is 2.55. The highest BCUT2D eigenvalue weighted by atomic mass is 14.9. The van der Waals surface area contributed by atoms with E-state index in [2.05, 4.69) is 54.5 Å². The molecule has 2 aromatic rings. The maximum absolute atomic E-state index is 3.42. The first-order valence-corrected chi connectivity index (χ1v) is 5.72. The van der Waals surface area contributed by atoms with Crippen LogP contribution in [0, 0.1) is 0 Å². The molecule has 0 saturated heterocycles. The summed E-state index contributed by atoms with van der Waals surface area (Å²) < 4.78 is 0. The Morgan fingerprint density at radius 3 is 2.75 bits per heavy atom. The molecule has 1 heterocycles. The molecule has 0 amide bonds. The largest absolute Gasteiger partial charge is 0.361 e. The third kappa shape index (κ3) is 2.74.